The summed E-state index contributed by atoms with van der Waals surface area (Å²) in [6.07, 6.45) is 9.47. The molecule has 0 saturated heterocycles. The van der Waals surface area contributed by atoms with Crippen LogP contribution in [0.3, 0.4) is 0 Å². The van der Waals surface area contributed by atoms with Crippen molar-refractivity contribution >= 4 is 0 Å². The standard InChI is InChI=1S/C15H28N4O/c1-3-20-15(12-7-5-4-6-8-12)14(17-16)11-13-9-10-19(2)18-13/h9-10,12,14-15,17H,3-8,11,16H2,1-2H3. The zero-order valence-corrected chi connectivity index (χ0v) is 12.7. The number of ether oxygens (including phenoxy) is 1. The average Bonchev–Trinajstić information content (AvgIpc) is 2.89. The Kier molecular flexibility index (Phi) is 6.01. The van der Waals surface area contributed by atoms with Crippen LogP contribution in [0.15, 0.2) is 12.3 Å². The molecule has 0 aromatic carbocycles. The highest BCUT2D eigenvalue weighted by atomic mass is 16.5. The first-order valence-corrected chi connectivity index (χ1v) is 7.80. The van der Waals surface area contributed by atoms with Crippen LogP contribution in [0.25, 0.3) is 0 Å². The van der Waals surface area contributed by atoms with Gasteiger partial charge in [0, 0.05) is 26.3 Å². The molecule has 0 aliphatic heterocycles. The second-order valence-electron chi connectivity index (χ2n) is 5.78. The van der Waals surface area contributed by atoms with Gasteiger partial charge in [0.2, 0.25) is 0 Å². The quantitative estimate of drug-likeness (QED) is 0.590. The van der Waals surface area contributed by atoms with Gasteiger partial charge in [0.15, 0.2) is 0 Å². The maximum atomic E-state index is 6.04. The fourth-order valence-electron chi connectivity index (χ4n) is 3.30. The number of nitrogens with two attached hydrogens (primary N) is 1. The van der Waals surface area contributed by atoms with E-state index in [1.165, 1.54) is 32.1 Å². The third kappa shape index (κ3) is 4.04. The summed E-state index contributed by atoms with van der Waals surface area (Å²) in [6.45, 7) is 2.80. The number of rotatable bonds is 7. The first kappa shape index (κ1) is 15.5. The summed E-state index contributed by atoms with van der Waals surface area (Å²) in [4.78, 5) is 0. The molecule has 2 atom stereocenters. The van der Waals surface area contributed by atoms with E-state index in [2.05, 4.69) is 17.4 Å². The Morgan fingerprint density at radius 3 is 2.75 bits per heavy atom. The molecule has 3 N–H and O–H groups in total. The van der Waals surface area contributed by atoms with Crippen LogP contribution in [0.1, 0.15) is 44.7 Å². The van der Waals surface area contributed by atoms with Crippen molar-refractivity contribution in [3.63, 3.8) is 0 Å². The molecule has 1 aromatic heterocycles. The van der Waals surface area contributed by atoms with Crippen LogP contribution in [-0.4, -0.2) is 28.5 Å². The van der Waals surface area contributed by atoms with E-state index in [4.69, 9.17) is 10.6 Å². The fourth-order valence-corrected chi connectivity index (χ4v) is 3.30. The third-order valence-corrected chi connectivity index (χ3v) is 4.28. The first-order valence-electron chi connectivity index (χ1n) is 7.80. The van der Waals surface area contributed by atoms with Crippen LogP contribution in [0.4, 0.5) is 0 Å². The van der Waals surface area contributed by atoms with Crippen LogP contribution in [0, 0.1) is 5.92 Å². The molecule has 5 nitrogen and oxygen atoms in total. The molecule has 0 spiro atoms. The van der Waals surface area contributed by atoms with Crippen molar-refractivity contribution in [3.8, 4) is 0 Å². The van der Waals surface area contributed by atoms with Gasteiger partial charge >= 0.3 is 0 Å². The molecule has 1 aromatic rings. The van der Waals surface area contributed by atoms with E-state index >= 15 is 0 Å². The highest BCUT2D eigenvalue weighted by Gasteiger charge is 2.31. The number of nitrogens with one attached hydrogen (secondary N) is 1. The van der Waals surface area contributed by atoms with Crippen molar-refractivity contribution in [2.45, 2.75) is 57.6 Å². The Labute approximate surface area is 121 Å². The van der Waals surface area contributed by atoms with Gasteiger partial charge in [0.1, 0.15) is 0 Å². The zero-order chi connectivity index (χ0) is 14.4. The molecular formula is C15H28N4O. The number of aromatic nitrogens is 2. The molecule has 114 valence electrons. The molecular weight excluding hydrogens is 252 g/mol. The molecule has 1 aliphatic carbocycles. The highest BCUT2D eigenvalue weighted by Crippen LogP contribution is 2.30. The van der Waals surface area contributed by atoms with Gasteiger partial charge in [0.25, 0.3) is 0 Å². The second kappa shape index (κ2) is 7.76. The first-order chi connectivity index (χ1) is 9.74. The van der Waals surface area contributed by atoms with Crippen molar-refractivity contribution in [3.05, 3.63) is 18.0 Å². The van der Waals surface area contributed by atoms with Gasteiger partial charge in [-0.15, -0.1) is 0 Å². The Balaban J connectivity index is 2.03. The Hall–Kier alpha value is -0.910. The van der Waals surface area contributed by atoms with Crippen LogP contribution in [0.2, 0.25) is 0 Å². The topological polar surface area (TPSA) is 65.1 Å². The summed E-state index contributed by atoms with van der Waals surface area (Å²) in [7, 11) is 1.94. The fraction of sp³-hybridized carbons (Fsp3) is 0.800. The molecule has 0 radical (unpaired) electrons. The highest BCUT2D eigenvalue weighted by molar-refractivity contribution is 5.03. The Morgan fingerprint density at radius 2 is 2.20 bits per heavy atom. The molecule has 1 saturated carbocycles. The van der Waals surface area contributed by atoms with E-state index in [-0.39, 0.29) is 12.1 Å². The molecule has 1 fully saturated rings. The van der Waals surface area contributed by atoms with Crippen molar-refractivity contribution in [1.82, 2.24) is 15.2 Å². The second-order valence-corrected chi connectivity index (χ2v) is 5.78. The van der Waals surface area contributed by atoms with E-state index < -0.39 is 0 Å². The van der Waals surface area contributed by atoms with Crippen LogP contribution in [-0.2, 0) is 18.2 Å². The smallest absolute Gasteiger partial charge is 0.0773 e. The average molecular weight is 280 g/mol. The lowest BCUT2D eigenvalue weighted by Gasteiger charge is -2.35. The summed E-state index contributed by atoms with van der Waals surface area (Å²) in [5, 5.41) is 4.45. The van der Waals surface area contributed by atoms with Crippen molar-refractivity contribution < 1.29 is 4.74 Å². The molecule has 5 heteroatoms. The van der Waals surface area contributed by atoms with Crippen molar-refractivity contribution in [1.29, 1.82) is 0 Å². The maximum absolute atomic E-state index is 6.04. The molecule has 20 heavy (non-hydrogen) atoms. The lowest BCUT2D eigenvalue weighted by Crippen LogP contribution is -2.50. The van der Waals surface area contributed by atoms with Gasteiger partial charge in [-0.25, -0.2) is 0 Å². The van der Waals surface area contributed by atoms with Crippen molar-refractivity contribution in [2.24, 2.45) is 18.8 Å². The van der Waals surface area contributed by atoms with Gasteiger partial charge in [0.05, 0.1) is 17.8 Å². The number of nitrogens with zero attached hydrogens (tertiary/aromatic N) is 2. The van der Waals surface area contributed by atoms with Gasteiger partial charge in [-0.1, -0.05) is 19.3 Å². The van der Waals surface area contributed by atoms with Crippen LogP contribution < -0.4 is 11.3 Å². The number of hydrogen-bond acceptors (Lipinski definition) is 4. The lowest BCUT2D eigenvalue weighted by atomic mass is 9.81. The van der Waals surface area contributed by atoms with E-state index in [0.29, 0.717) is 5.92 Å². The predicted octanol–water partition coefficient (Wildman–Crippen LogP) is 1.78. The van der Waals surface area contributed by atoms with E-state index in [0.717, 1.165) is 18.7 Å². The van der Waals surface area contributed by atoms with Gasteiger partial charge in [-0.3, -0.25) is 16.0 Å². The van der Waals surface area contributed by atoms with Gasteiger partial charge < -0.3 is 4.74 Å². The minimum absolute atomic E-state index is 0.132. The Morgan fingerprint density at radius 1 is 1.45 bits per heavy atom. The summed E-state index contributed by atoms with van der Waals surface area (Å²) >= 11 is 0. The number of hydrogen-bond donors (Lipinski definition) is 2. The van der Waals surface area contributed by atoms with Crippen molar-refractivity contribution in [2.75, 3.05) is 6.61 Å². The molecule has 1 heterocycles. The minimum atomic E-state index is 0.132. The molecule has 1 aliphatic rings. The summed E-state index contributed by atoms with van der Waals surface area (Å²) in [5.74, 6) is 6.42. The van der Waals surface area contributed by atoms with E-state index in [1.807, 2.05) is 24.0 Å². The third-order valence-electron chi connectivity index (χ3n) is 4.28. The number of hydrazine groups is 1. The Bertz CT molecular complexity index is 387. The van der Waals surface area contributed by atoms with Crippen LogP contribution in [0.5, 0.6) is 0 Å². The minimum Gasteiger partial charge on any atom is -0.377 e. The van der Waals surface area contributed by atoms with E-state index in [9.17, 15) is 0 Å². The SMILES string of the molecule is CCOC(C1CCCCC1)C(Cc1ccn(C)n1)NN. The monoisotopic (exact) mass is 280 g/mol. The molecule has 0 bridgehead atoms. The van der Waals surface area contributed by atoms with E-state index in [1.54, 1.807) is 0 Å². The largest absolute Gasteiger partial charge is 0.377 e. The summed E-state index contributed by atoms with van der Waals surface area (Å²) < 4.78 is 7.87. The predicted molar refractivity (Wildman–Crippen MR) is 80.0 cm³/mol. The molecule has 0 amide bonds. The molecule has 2 rings (SSSR count). The normalized spacial score (nSPS) is 19.9. The lowest BCUT2D eigenvalue weighted by molar-refractivity contribution is -0.0177. The zero-order valence-electron chi connectivity index (χ0n) is 12.7. The van der Waals surface area contributed by atoms with Crippen LogP contribution >= 0.6 is 0 Å². The van der Waals surface area contributed by atoms with Gasteiger partial charge in [-0.05, 0) is 31.7 Å². The maximum Gasteiger partial charge on any atom is 0.0773 e. The molecule has 2 unspecified atom stereocenters. The van der Waals surface area contributed by atoms with Gasteiger partial charge in [-0.2, -0.15) is 5.10 Å². The number of aryl methyl sites for hydroxylation is 1. The summed E-state index contributed by atoms with van der Waals surface area (Å²) in [6, 6.07) is 2.18. The summed E-state index contributed by atoms with van der Waals surface area (Å²) in [5.41, 5.74) is 4.03.